The standard InChI is InChI=1S/C15H26N6/c1-14(2,3)20-10-12(16-18-20)8-7-9-13-11-21(19-17-13)15(4,5)6/h10-11H,7-9H2,1-6H3. The quantitative estimate of drug-likeness (QED) is 0.868. The highest BCUT2D eigenvalue weighted by Gasteiger charge is 2.16. The molecule has 0 aromatic carbocycles. The van der Waals surface area contributed by atoms with E-state index in [2.05, 4.69) is 62.2 Å². The second kappa shape index (κ2) is 5.58. The molecule has 6 heteroatoms. The van der Waals surface area contributed by atoms with Crippen LogP contribution in [-0.2, 0) is 23.9 Å². The van der Waals surface area contributed by atoms with Crippen molar-refractivity contribution in [3.63, 3.8) is 0 Å². The van der Waals surface area contributed by atoms with Gasteiger partial charge in [-0.1, -0.05) is 10.4 Å². The molecule has 0 amide bonds. The second-order valence-corrected chi connectivity index (χ2v) is 7.50. The number of nitrogens with zero attached hydrogens (tertiary/aromatic N) is 6. The van der Waals surface area contributed by atoms with Gasteiger partial charge in [-0.2, -0.15) is 0 Å². The number of aryl methyl sites for hydroxylation is 2. The minimum absolute atomic E-state index is 0.0132. The Balaban J connectivity index is 1.87. The summed E-state index contributed by atoms with van der Waals surface area (Å²) in [6, 6.07) is 0. The average Bonchev–Trinajstić information content (AvgIpc) is 2.95. The van der Waals surface area contributed by atoms with Crippen molar-refractivity contribution in [1.82, 2.24) is 30.0 Å². The van der Waals surface area contributed by atoms with Crippen molar-refractivity contribution in [3.8, 4) is 0 Å². The molecule has 2 aromatic rings. The molecule has 2 heterocycles. The molecule has 0 spiro atoms. The lowest BCUT2D eigenvalue weighted by molar-refractivity contribution is 0.346. The molecule has 0 aliphatic carbocycles. The highest BCUT2D eigenvalue weighted by atomic mass is 15.4. The SMILES string of the molecule is CC(C)(C)n1cc(CCCc2cn(C(C)(C)C)nn2)nn1. The van der Waals surface area contributed by atoms with Gasteiger partial charge in [-0.3, -0.25) is 0 Å². The zero-order valence-corrected chi connectivity index (χ0v) is 14.0. The van der Waals surface area contributed by atoms with Crippen molar-refractivity contribution in [2.45, 2.75) is 71.9 Å². The monoisotopic (exact) mass is 290 g/mol. The summed E-state index contributed by atoms with van der Waals surface area (Å²) in [4.78, 5) is 0. The molecule has 116 valence electrons. The van der Waals surface area contributed by atoms with E-state index in [1.165, 1.54) is 0 Å². The van der Waals surface area contributed by atoms with Crippen molar-refractivity contribution in [1.29, 1.82) is 0 Å². The molecule has 0 N–H and O–H groups in total. The highest BCUT2D eigenvalue weighted by molar-refractivity contribution is 4.98. The largest absolute Gasteiger partial charge is 0.247 e. The van der Waals surface area contributed by atoms with Crippen molar-refractivity contribution in [2.75, 3.05) is 0 Å². The zero-order chi connectivity index (χ0) is 15.7. The van der Waals surface area contributed by atoms with Gasteiger partial charge >= 0.3 is 0 Å². The van der Waals surface area contributed by atoms with Gasteiger partial charge in [0.25, 0.3) is 0 Å². The van der Waals surface area contributed by atoms with Gasteiger partial charge < -0.3 is 0 Å². The Morgan fingerprint density at radius 2 is 1.14 bits per heavy atom. The van der Waals surface area contributed by atoms with E-state index in [0.717, 1.165) is 30.7 Å². The Kier molecular flexibility index (Phi) is 4.16. The molecule has 6 nitrogen and oxygen atoms in total. The van der Waals surface area contributed by atoms with Crippen LogP contribution in [0.4, 0.5) is 0 Å². The molecule has 2 rings (SSSR count). The van der Waals surface area contributed by atoms with Crippen molar-refractivity contribution in [2.24, 2.45) is 0 Å². The molecule has 0 fully saturated rings. The lowest BCUT2D eigenvalue weighted by Crippen LogP contribution is -2.22. The highest BCUT2D eigenvalue weighted by Crippen LogP contribution is 2.14. The summed E-state index contributed by atoms with van der Waals surface area (Å²) in [5.41, 5.74) is 2.04. The molecule has 0 aliphatic rings. The van der Waals surface area contributed by atoms with E-state index in [4.69, 9.17) is 0 Å². The molecule has 21 heavy (non-hydrogen) atoms. The maximum atomic E-state index is 4.23. The fraction of sp³-hybridized carbons (Fsp3) is 0.733. The molecule has 0 bridgehead atoms. The summed E-state index contributed by atoms with van der Waals surface area (Å²) < 4.78 is 3.83. The zero-order valence-electron chi connectivity index (χ0n) is 14.0. The molecular formula is C15H26N6. The fourth-order valence-corrected chi connectivity index (χ4v) is 1.93. The van der Waals surface area contributed by atoms with Crippen molar-refractivity contribution >= 4 is 0 Å². The summed E-state index contributed by atoms with van der Waals surface area (Å²) in [6.07, 6.45) is 6.90. The van der Waals surface area contributed by atoms with Gasteiger partial charge in [0, 0.05) is 12.4 Å². The minimum atomic E-state index is -0.0132. The van der Waals surface area contributed by atoms with Crippen LogP contribution in [0.25, 0.3) is 0 Å². The normalized spacial score (nSPS) is 12.9. The van der Waals surface area contributed by atoms with Crippen LogP contribution in [0, 0.1) is 0 Å². The summed E-state index contributed by atoms with van der Waals surface area (Å²) in [6.45, 7) is 12.7. The van der Waals surface area contributed by atoms with E-state index < -0.39 is 0 Å². The Morgan fingerprint density at radius 1 is 0.762 bits per heavy atom. The van der Waals surface area contributed by atoms with Gasteiger partial charge in [-0.05, 0) is 60.8 Å². The molecule has 0 atom stereocenters. The molecule has 0 radical (unpaired) electrons. The van der Waals surface area contributed by atoms with Gasteiger partial charge in [0.1, 0.15) is 0 Å². The number of rotatable bonds is 4. The van der Waals surface area contributed by atoms with Gasteiger partial charge in [0.15, 0.2) is 0 Å². The van der Waals surface area contributed by atoms with Crippen LogP contribution in [0.1, 0.15) is 59.4 Å². The first kappa shape index (κ1) is 15.7. The number of hydrogen-bond donors (Lipinski definition) is 0. The maximum absolute atomic E-state index is 4.23. The van der Waals surface area contributed by atoms with Gasteiger partial charge in [0.05, 0.1) is 22.5 Å². The number of hydrogen-bond acceptors (Lipinski definition) is 4. The molecule has 2 aromatic heterocycles. The average molecular weight is 290 g/mol. The third-order valence-electron chi connectivity index (χ3n) is 3.32. The third-order valence-corrected chi connectivity index (χ3v) is 3.32. The first-order valence-corrected chi connectivity index (χ1v) is 7.50. The van der Waals surface area contributed by atoms with E-state index in [1.807, 2.05) is 21.8 Å². The first-order valence-electron chi connectivity index (χ1n) is 7.50. The van der Waals surface area contributed by atoms with Crippen LogP contribution < -0.4 is 0 Å². The fourth-order valence-electron chi connectivity index (χ4n) is 1.93. The smallest absolute Gasteiger partial charge is 0.0827 e. The topological polar surface area (TPSA) is 61.4 Å². The van der Waals surface area contributed by atoms with Gasteiger partial charge in [0.2, 0.25) is 0 Å². The summed E-state index contributed by atoms with van der Waals surface area (Å²) >= 11 is 0. The van der Waals surface area contributed by atoms with Crippen LogP contribution in [-0.4, -0.2) is 30.0 Å². The Hall–Kier alpha value is -1.72. The van der Waals surface area contributed by atoms with E-state index in [9.17, 15) is 0 Å². The summed E-state index contributed by atoms with van der Waals surface area (Å²) in [7, 11) is 0. The van der Waals surface area contributed by atoms with Gasteiger partial charge in [-0.25, -0.2) is 9.36 Å². The van der Waals surface area contributed by atoms with Crippen LogP contribution >= 0.6 is 0 Å². The predicted molar refractivity (Wildman–Crippen MR) is 82.1 cm³/mol. The summed E-state index contributed by atoms with van der Waals surface area (Å²) in [5.74, 6) is 0. The molecule has 0 saturated heterocycles. The van der Waals surface area contributed by atoms with Crippen LogP contribution in [0.5, 0.6) is 0 Å². The lowest BCUT2D eigenvalue weighted by atomic mass is 10.1. The van der Waals surface area contributed by atoms with E-state index in [-0.39, 0.29) is 11.1 Å². The third kappa shape index (κ3) is 4.12. The van der Waals surface area contributed by atoms with Crippen molar-refractivity contribution in [3.05, 3.63) is 23.8 Å². The Bertz CT molecular complexity index is 530. The Labute approximate surface area is 126 Å². The minimum Gasteiger partial charge on any atom is -0.247 e. The Morgan fingerprint density at radius 3 is 1.43 bits per heavy atom. The van der Waals surface area contributed by atoms with Crippen molar-refractivity contribution < 1.29 is 0 Å². The van der Waals surface area contributed by atoms with Crippen LogP contribution in [0.3, 0.4) is 0 Å². The maximum Gasteiger partial charge on any atom is 0.0827 e. The second-order valence-electron chi connectivity index (χ2n) is 7.50. The molecule has 0 aliphatic heterocycles. The lowest BCUT2D eigenvalue weighted by Gasteiger charge is -2.17. The molecule has 0 saturated carbocycles. The molecular weight excluding hydrogens is 264 g/mol. The van der Waals surface area contributed by atoms with Gasteiger partial charge in [-0.15, -0.1) is 10.2 Å². The van der Waals surface area contributed by atoms with Crippen LogP contribution in [0.2, 0.25) is 0 Å². The number of aromatic nitrogens is 6. The van der Waals surface area contributed by atoms with Crippen LogP contribution in [0.15, 0.2) is 12.4 Å². The molecule has 0 unspecified atom stereocenters. The summed E-state index contributed by atoms with van der Waals surface area (Å²) in [5, 5.41) is 16.8. The van der Waals surface area contributed by atoms with E-state index in [1.54, 1.807) is 0 Å². The first-order chi connectivity index (χ1) is 9.66. The predicted octanol–water partition coefficient (Wildman–Crippen LogP) is 2.55. The van der Waals surface area contributed by atoms with E-state index in [0.29, 0.717) is 0 Å². The van der Waals surface area contributed by atoms with E-state index >= 15 is 0 Å².